The number of likely N-dealkylation sites (N-methyl/N-ethyl adjacent to an activating group) is 1. The fourth-order valence-electron chi connectivity index (χ4n) is 8.97. The third-order valence-electron chi connectivity index (χ3n) is 14.0. The van der Waals surface area contributed by atoms with Gasteiger partial charge in [-0.25, -0.2) is 4.79 Å². The smallest absolute Gasteiger partial charge is 0.361 e. The van der Waals surface area contributed by atoms with Crippen LogP contribution in [0.5, 0.6) is 0 Å². The van der Waals surface area contributed by atoms with Gasteiger partial charge in [-0.1, -0.05) is 264 Å². The minimum Gasteiger partial charge on any atom is -0.477 e. The predicted octanol–water partition coefficient (Wildman–Crippen LogP) is 20.2. The van der Waals surface area contributed by atoms with Crippen molar-refractivity contribution in [2.75, 3.05) is 47.5 Å². The molecule has 2 atom stereocenters. The number of aliphatic carboxylic acids is 1. The zero-order valence-corrected chi connectivity index (χ0v) is 52.9. The molecule has 0 aliphatic rings. The van der Waals surface area contributed by atoms with E-state index in [2.05, 4.69) is 123 Å². The van der Waals surface area contributed by atoms with Crippen LogP contribution in [0, 0.1) is 0 Å². The topological polar surface area (TPSA) is 108 Å². The molecule has 0 aromatic rings. The van der Waals surface area contributed by atoms with Gasteiger partial charge < -0.3 is 28.5 Å². The lowest BCUT2D eigenvalue weighted by Crippen LogP contribution is -2.40. The number of carboxylic acids is 1. The average molecular weight is 1130 g/mol. The van der Waals surface area contributed by atoms with E-state index in [9.17, 15) is 19.5 Å². The van der Waals surface area contributed by atoms with Crippen LogP contribution < -0.4 is 0 Å². The lowest BCUT2D eigenvalue weighted by Gasteiger charge is -2.25. The monoisotopic (exact) mass is 1130 g/mol. The Morgan fingerprint density at radius 3 is 1.06 bits per heavy atom. The standard InChI is InChI=1S/C72H123NO8/c1-6-8-10-12-14-16-18-20-22-24-26-28-29-30-31-32-33-34-35-36-37-38-39-40-41-43-45-47-49-51-53-55-57-59-61-63-70(75)81-68(67-80-72(71(76)77)78-65-64-73(3,4)5)66-79-69(74)62-60-58-56-54-52-50-48-46-44-42-27-25-23-21-19-17-15-13-11-9-7-2/h8,10,14,16,20,22,25-28,30-31,33-34,36-37,39-40,68,72H,6-7,9,11-13,15,17-19,21,23-24,29,32,35,38,41-67H2,1-5H3/p+1/b10-8-,16-14-,22-20-,27-25-,28-26-,31-30-,34-33-,37-36-,40-39-. The summed E-state index contributed by atoms with van der Waals surface area (Å²) in [5.74, 6) is -2.01. The second-order valence-electron chi connectivity index (χ2n) is 23.0. The Morgan fingerprint density at radius 1 is 0.383 bits per heavy atom. The van der Waals surface area contributed by atoms with Gasteiger partial charge in [-0.2, -0.15) is 0 Å². The quantitative estimate of drug-likeness (QED) is 0.0211. The van der Waals surface area contributed by atoms with Crippen molar-refractivity contribution >= 4 is 17.9 Å². The fraction of sp³-hybridized carbons (Fsp3) is 0.708. The molecule has 464 valence electrons. The highest BCUT2D eigenvalue weighted by molar-refractivity contribution is 5.71. The number of quaternary nitrogens is 1. The van der Waals surface area contributed by atoms with Crippen molar-refractivity contribution in [3.8, 4) is 0 Å². The number of carboxylic acid groups (broad SMARTS) is 1. The molecule has 0 bridgehead atoms. The lowest BCUT2D eigenvalue weighted by atomic mass is 10.0. The Bertz CT molecular complexity index is 1700. The second-order valence-corrected chi connectivity index (χ2v) is 23.0. The van der Waals surface area contributed by atoms with Crippen molar-refractivity contribution in [3.63, 3.8) is 0 Å². The van der Waals surface area contributed by atoms with Gasteiger partial charge in [-0.3, -0.25) is 9.59 Å². The molecule has 0 saturated heterocycles. The molecule has 0 aliphatic carbocycles. The molecular formula is C72H124NO8+. The van der Waals surface area contributed by atoms with Gasteiger partial charge in [-0.15, -0.1) is 0 Å². The molecule has 9 nitrogen and oxygen atoms in total. The molecule has 81 heavy (non-hydrogen) atoms. The van der Waals surface area contributed by atoms with Crippen molar-refractivity contribution < 1.29 is 42.9 Å². The summed E-state index contributed by atoms with van der Waals surface area (Å²) in [6.07, 6.45) is 83.2. The number of hydrogen-bond donors (Lipinski definition) is 1. The largest absolute Gasteiger partial charge is 0.477 e. The van der Waals surface area contributed by atoms with Gasteiger partial charge in [-0.05, 0) is 103 Å². The maximum absolute atomic E-state index is 12.9. The first-order chi connectivity index (χ1) is 39.6. The third-order valence-corrected chi connectivity index (χ3v) is 14.0. The summed E-state index contributed by atoms with van der Waals surface area (Å²) in [7, 11) is 5.97. The zero-order valence-electron chi connectivity index (χ0n) is 52.9. The van der Waals surface area contributed by atoms with Gasteiger partial charge in [0.25, 0.3) is 6.29 Å². The summed E-state index contributed by atoms with van der Waals surface area (Å²) >= 11 is 0. The third kappa shape index (κ3) is 63.4. The highest BCUT2D eigenvalue weighted by Gasteiger charge is 2.25. The molecule has 0 saturated carbocycles. The second kappa shape index (κ2) is 62.0. The summed E-state index contributed by atoms with van der Waals surface area (Å²) in [4.78, 5) is 37.6. The van der Waals surface area contributed by atoms with Crippen LogP contribution in [-0.4, -0.2) is 87.4 Å². The number of carbonyl (C=O) groups excluding carboxylic acids is 2. The Hall–Kier alpha value is -4.05. The van der Waals surface area contributed by atoms with E-state index in [-0.39, 0.29) is 32.2 Å². The fourth-order valence-corrected chi connectivity index (χ4v) is 8.97. The summed E-state index contributed by atoms with van der Waals surface area (Å²) in [5, 5.41) is 9.73. The number of allylic oxidation sites excluding steroid dienone is 18. The minimum absolute atomic E-state index is 0.182. The van der Waals surface area contributed by atoms with Crippen molar-refractivity contribution in [2.24, 2.45) is 0 Å². The van der Waals surface area contributed by atoms with Crippen LogP contribution >= 0.6 is 0 Å². The van der Waals surface area contributed by atoms with E-state index in [1.807, 2.05) is 21.1 Å². The first-order valence-corrected chi connectivity index (χ1v) is 33.1. The SMILES string of the molecule is CC/C=C\C/C=C\C/C=C\C/C=C\C/C=C\C/C=C\C/C=C\C/C=C\CCCCCCCCCCCCC(=O)OC(COC(=O)CCCCCCCCCCC/C=C\CCCCCCCCCC)COC(OCC[N+](C)(C)C)C(=O)O. The van der Waals surface area contributed by atoms with Gasteiger partial charge in [0.2, 0.25) is 0 Å². The molecule has 0 aromatic carbocycles. The minimum atomic E-state index is -1.52. The number of hydrogen-bond acceptors (Lipinski definition) is 7. The van der Waals surface area contributed by atoms with E-state index >= 15 is 0 Å². The van der Waals surface area contributed by atoms with Gasteiger partial charge in [0, 0.05) is 12.8 Å². The van der Waals surface area contributed by atoms with Crippen molar-refractivity contribution in [2.45, 2.75) is 283 Å². The van der Waals surface area contributed by atoms with Crippen LogP contribution in [0.4, 0.5) is 0 Å². The van der Waals surface area contributed by atoms with Crippen LogP contribution in [0.15, 0.2) is 109 Å². The highest BCUT2D eigenvalue weighted by atomic mass is 16.7. The maximum atomic E-state index is 12.9. The van der Waals surface area contributed by atoms with Crippen LogP contribution in [-0.2, 0) is 33.3 Å². The van der Waals surface area contributed by atoms with Gasteiger partial charge in [0.15, 0.2) is 6.10 Å². The van der Waals surface area contributed by atoms with Crippen molar-refractivity contribution in [3.05, 3.63) is 109 Å². The number of ether oxygens (including phenoxy) is 4. The molecular weight excluding hydrogens is 1010 g/mol. The molecule has 0 spiro atoms. The van der Waals surface area contributed by atoms with E-state index in [0.717, 1.165) is 96.3 Å². The van der Waals surface area contributed by atoms with E-state index in [1.165, 1.54) is 141 Å². The molecule has 1 N–H and O–H groups in total. The Kier molecular flexibility index (Phi) is 58.9. The number of carbonyl (C=O) groups is 3. The molecule has 0 aromatic heterocycles. The van der Waals surface area contributed by atoms with Gasteiger partial charge in [0.1, 0.15) is 13.2 Å². The summed E-state index contributed by atoms with van der Waals surface area (Å²) in [6.45, 7) is 4.77. The first kappa shape index (κ1) is 77.0. The Morgan fingerprint density at radius 2 is 0.704 bits per heavy atom. The molecule has 0 fully saturated rings. The maximum Gasteiger partial charge on any atom is 0.361 e. The lowest BCUT2D eigenvalue weighted by molar-refractivity contribution is -0.870. The Labute approximate surface area is 498 Å². The molecule has 0 amide bonds. The van der Waals surface area contributed by atoms with Crippen LogP contribution in [0.3, 0.4) is 0 Å². The number of nitrogens with zero attached hydrogens (tertiary/aromatic N) is 1. The summed E-state index contributed by atoms with van der Waals surface area (Å²) in [6, 6.07) is 0. The molecule has 0 aliphatic heterocycles. The van der Waals surface area contributed by atoms with Crippen LogP contribution in [0.2, 0.25) is 0 Å². The number of unbranched alkanes of at least 4 members (excludes halogenated alkanes) is 27. The molecule has 9 heteroatoms. The zero-order chi connectivity index (χ0) is 59.1. The average Bonchev–Trinajstić information content (AvgIpc) is 3.44. The number of rotatable bonds is 60. The summed E-state index contributed by atoms with van der Waals surface area (Å²) < 4.78 is 22.9. The van der Waals surface area contributed by atoms with Crippen LogP contribution in [0.1, 0.15) is 271 Å². The van der Waals surface area contributed by atoms with Gasteiger partial charge >= 0.3 is 17.9 Å². The molecule has 2 unspecified atom stereocenters. The highest BCUT2D eigenvalue weighted by Crippen LogP contribution is 2.16. The Balaban J connectivity index is 4.19. The number of esters is 2. The van der Waals surface area contributed by atoms with E-state index in [4.69, 9.17) is 18.9 Å². The molecule has 0 heterocycles. The van der Waals surface area contributed by atoms with Crippen LogP contribution in [0.25, 0.3) is 0 Å². The van der Waals surface area contributed by atoms with E-state index < -0.39 is 24.3 Å². The van der Waals surface area contributed by atoms with E-state index in [0.29, 0.717) is 23.9 Å². The van der Waals surface area contributed by atoms with Crippen molar-refractivity contribution in [1.82, 2.24) is 0 Å². The predicted molar refractivity (Wildman–Crippen MR) is 345 cm³/mol. The van der Waals surface area contributed by atoms with Crippen molar-refractivity contribution in [1.29, 1.82) is 0 Å². The molecule has 0 radical (unpaired) electrons. The molecule has 0 rings (SSSR count). The van der Waals surface area contributed by atoms with E-state index in [1.54, 1.807) is 0 Å². The first-order valence-electron chi connectivity index (χ1n) is 33.1. The normalized spacial score (nSPS) is 13.4. The summed E-state index contributed by atoms with van der Waals surface area (Å²) in [5.41, 5.74) is 0. The van der Waals surface area contributed by atoms with Gasteiger partial charge in [0.05, 0.1) is 34.4 Å².